The molecule has 0 bridgehead atoms. The standard InChI is InChI=1S/C20H25N3O2.ClH/c1-14-4-7-17(12-15(14)2)19-13-23(21)20(24)22(19)11-10-16-5-8-18(25-3)9-6-16;/h4-9,12,19H,10-11,13,21H2,1-3H3;1H. The lowest BCUT2D eigenvalue weighted by Gasteiger charge is -2.24. The lowest BCUT2D eigenvalue weighted by molar-refractivity contribution is 0.187. The number of carbonyl (C=O) groups is 1. The molecule has 0 aromatic heterocycles. The molecule has 1 aliphatic heterocycles. The number of rotatable bonds is 5. The molecule has 1 fully saturated rings. The zero-order valence-electron chi connectivity index (χ0n) is 15.4. The maximum atomic E-state index is 12.5. The zero-order chi connectivity index (χ0) is 18.0. The Hall–Kier alpha value is -2.24. The van der Waals surface area contributed by atoms with Crippen molar-refractivity contribution in [3.63, 3.8) is 0 Å². The molecule has 1 unspecified atom stereocenters. The van der Waals surface area contributed by atoms with Crippen molar-refractivity contribution < 1.29 is 9.53 Å². The first-order valence-electron chi connectivity index (χ1n) is 8.52. The second-order valence-corrected chi connectivity index (χ2v) is 6.59. The van der Waals surface area contributed by atoms with Gasteiger partial charge in [-0.3, -0.25) is 5.01 Å². The molecule has 5 nitrogen and oxygen atoms in total. The Labute approximate surface area is 161 Å². The van der Waals surface area contributed by atoms with Gasteiger partial charge in [0.15, 0.2) is 0 Å². The number of amides is 2. The smallest absolute Gasteiger partial charge is 0.334 e. The number of nitrogens with zero attached hydrogens (tertiary/aromatic N) is 2. The van der Waals surface area contributed by atoms with E-state index in [1.54, 1.807) is 7.11 Å². The third kappa shape index (κ3) is 4.11. The minimum Gasteiger partial charge on any atom is -0.497 e. The van der Waals surface area contributed by atoms with Crippen LogP contribution in [0.3, 0.4) is 0 Å². The van der Waals surface area contributed by atoms with Crippen molar-refractivity contribution >= 4 is 18.4 Å². The van der Waals surface area contributed by atoms with Gasteiger partial charge in [0.1, 0.15) is 5.75 Å². The number of nitrogens with two attached hydrogens (primary N) is 1. The predicted octanol–water partition coefficient (Wildman–Crippen LogP) is 3.63. The van der Waals surface area contributed by atoms with Crippen molar-refractivity contribution in [2.45, 2.75) is 26.3 Å². The van der Waals surface area contributed by atoms with Crippen molar-refractivity contribution in [1.82, 2.24) is 9.91 Å². The summed E-state index contributed by atoms with van der Waals surface area (Å²) in [6, 6.07) is 14.2. The first-order valence-corrected chi connectivity index (χ1v) is 8.52. The molecule has 0 saturated carbocycles. The number of urea groups is 1. The highest BCUT2D eigenvalue weighted by Crippen LogP contribution is 2.29. The second-order valence-electron chi connectivity index (χ2n) is 6.59. The Bertz CT molecular complexity index is 764. The van der Waals surface area contributed by atoms with E-state index in [1.807, 2.05) is 29.2 Å². The highest BCUT2D eigenvalue weighted by molar-refractivity contribution is 5.85. The number of carbonyl (C=O) groups excluding carboxylic acids is 1. The monoisotopic (exact) mass is 375 g/mol. The molecule has 1 aliphatic rings. The van der Waals surface area contributed by atoms with Gasteiger partial charge in [-0.2, -0.15) is 0 Å². The summed E-state index contributed by atoms with van der Waals surface area (Å²) < 4.78 is 5.19. The Balaban J connectivity index is 0.00000243. The molecule has 2 N–H and O–H groups in total. The summed E-state index contributed by atoms with van der Waals surface area (Å²) in [5.74, 6) is 6.73. The number of hydrogen-bond donors (Lipinski definition) is 1. The van der Waals surface area contributed by atoms with Crippen LogP contribution in [-0.4, -0.2) is 36.1 Å². The van der Waals surface area contributed by atoms with Crippen LogP contribution in [0.2, 0.25) is 0 Å². The molecule has 6 heteroatoms. The van der Waals surface area contributed by atoms with E-state index in [4.69, 9.17) is 10.6 Å². The first kappa shape index (κ1) is 20.1. The molecule has 1 atom stereocenters. The van der Waals surface area contributed by atoms with E-state index in [1.165, 1.54) is 21.7 Å². The van der Waals surface area contributed by atoms with Crippen LogP contribution in [0, 0.1) is 13.8 Å². The second kappa shape index (κ2) is 8.43. The summed E-state index contributed by atoms with van der Waals surface area (Å²) >= 11 is 0. The quantitative estimate of drug-likeness (QED) is 0.641. The van der Waals surface area contributed by atoms with E-state index < -0.39 is 0 Å². The van der Waals surface area contributed by atoms with Crippen molar-refractivity contribution in [2.24, 2.45) is 5.84 Å². The predicted molar refractivity (Wildman–Crippen MR) is 106 cm³/mol. The Morgan fingerprint density at radius 1 is 1.12 bits per heavy atom. The highest BCUT2D eigenvalue weighted by Gasteiger charge is 2.36. The fourth-order valence-corrected chi connectivity index (χ4v) is 3.21. The van der Waals surface area contributed by atoms with Gasteiger partial charge in [-0.1, -0.05) is 30.3 Å². The SMILES string of the molecule is COc1ccc(CCN2C(=O)N(N)CC2c2ccc(C)c(C)c2)cc1.Cl. The van der Waals surface area contributed by atoms with E-state index in [0.29, 0.717) is 13.1 Å². The van der Waals surface area contributed by atoms with Gasteiger partial charge in [0.2, 0.25) is 0 Å². The first-order chi connectivity index (χ1) is 12.0. The van der Waals surface area contributed by atoms with Crippen LogP contribution in [0.5, 0.6) is 5.75 Å². The van der Waals surface area contributed by atoms with E-state index >= 15 is 0 Å². The zero-order valence-corrected chi connectivity index (χ0v) is 16.3. The van der Waals surface area contributed by atoms with Gasteiger partial charge in [0.25, 0.3) is 0 Å². The normalized spacial score (nSPS) is 16.6. The van der Waals surface area contributed by atoms with Crippen LogP contribution in [0.25, 0.3) is 0 Å². The van der Waals surface area contributed by atoms with Gasteiger partial charge in [0.05, 0.1) is 19.7 Å². The largest absolute Gasteiger partial charge is 0.497 e. The van der Waals surface area contributed by atoms with Crippen LogP contribution in [0.15, 0.2) is 42.5 Å². The molecule has 2 amide bonds. The highest BCUT2D eigenvalue weighted by atomic mass is 35.5. The summed E-state index contributed by atoms with van der Waals surface area (Å²) in [7, 11) is 1.65. The molecule has 1 heterocycles. The minimum absolute atomic E-state index is 0. The fourth-order valence-electron chi connectivity index (χ4n) is 3.21. The number of aryl methyl sites for hydroxylation is 2. The number of hydrogen-bond acceptors (Lipinski definition) is 3. The number of methoxy groups -OCH3 is 1. The van der Waals surface area contributed by atoms with Crippen LogP contribution in [0.1, 0.15) is 28.3 Å². The maximum absolute atomic E-state index is 12.5. The van der Waals surface area contributed by atoms with E-state index in [2.05, 4.69) is 32.0 Å². The van der Waals surface area contributed by atoms with Crippen molar-refractivity contribution in [2.75, 3.05) is 20.2 Å². The van der Waals surface area contributed by atoms with Gasteiger partial charge >= 0.3 is 6.03 Å². The molecule has 0 aliphatic carbocycles. The third-order valence-corrected chi connectivity index (χ3v) is 4.95. The molecule has 2 aromatic rings. The molecule has 3 rings (SSSR count). The van der Waals surface area contributed by atoms with Gasteiger partial charge in [0, 0.05) is 6.54 Å². The van der Waals surface area contributed by atoms with Gasteiger partial charge in [-0.25, -0.2) is 10.6 Å². The van der Waals surface area contributed by atoms with Crippen molar-refractivity contribution in [3.8, 4) is 5.75 Å². The molecule has 26 heavy (non-hydrogen) atoms. The summed E-state index contributed by atoms with van der Waals surface area (Å²) in [6.45, 7) is 5.34. The van der Waals surface area contributed by atoms with Crippen molar-refractivity contribution in [1.29, 1.82) is 0 Å². The van der Waals surface area contributed by atoms with Crippen LogP contribution >= 0.6 is 12.4 Å². The topological polar surface area (TPSA) is 58.8 Å². The Morgan fingerprint density at radius 3 is 2.42 bits per heavy atom. The maximum Gasteiger partial charge on any atom is 0.334 e. The van der Waals surface area contributed by atoms with E-state index in [-0.39, 0.29) is 24.5 Å². The Kier molecular flexibility index (Phi) is 6.51. The lowest BCUT2D eigenvalue weighted by atomic mass is 10.0. The van der Waals surface area contributed by atoms with Crippen LogP contribution in [0.4, 0.5) is 4.79 Å². The molecular formula is C20H26ClN3O2. The summed E-state index contributed by atoms with van der Waals surface area (Å²) in [5, 5.41) is 1.31. The van der Waals surface area contributed by atoms with Crippen molar-refractivity contribution in [3.05, 3.63) is 64.7 Å². The molecule has 140 valence electrons. The van der Waals surface area contributed by atoms with Crippen LogP contribution < -0.4 is 10.6 Å². The third-order valence-electron chi connectivity index (χ3n) is 4.95. The van der Waals surface area contributed by atoms with E-state index in [0.717, 1.165) is 17.7 Å². The molecular weight excluding hydrogens is 350 g/mol. The van der Waals surface area contributed by atoms with Gasteiger partial charge in [-0.05, 0) is 54.7 Å². The molecule has 1 saturated heterocycles. The number of benzene rings is 2. The number of halogens is 1. The molecule has 0 spiro atoms. The summed E-state index contributed by atoms with van der Waals surface area (Å²) in [5.41, 5.74) is 4.79. The molecule has 0 radical (unpaired) electrons. The Morgan fingerprint density at radius 2 is 1.81 bits per heavy atom. The average molecular weight is 376 g/mol. The molecule has 2 aromatic carbocycles. The number of ether oxygens (including phenoxy) is 1. The van der Waals surface area contributed by atoms with Gasteiger partial charge in [-0.15, -0.1) is 12.4 Å². The van der Waals surface area contributed by atoms with Gasteiger partial charge < -0.3 is 9.64 Å². The average Bonchev–Trinajstić information content (AvgIpc) is 2.90. The van der Waals surface area contributed by atoms with Crippen LogP contribution in [-0.2, 0) is 6.42 Å². The summed E-state index contributed by atoms with van der Waals surface area (Å²) in [4.78, 5) is 14.3. The number of hydrazine groups is 1. The summed E-state index contributed by atoms with van der Waals surface area (Å²) in [6.07, 6.45) is 0.783. The minimum atomic E-state index is -0.114. The fraction of sp³-hybridized carbons (Fsp3) is 0.350. The van der Waals surface area contributed by atoms with E-state index in [9.17, 15) is 4.79 Å². The lowest BCUT2D eigenvalue weighted by Crippen LogP contribution is -2.37.